The summed E-state index contributed by atoms with van der Waals surface area (Å²) in [6, 6.07) is 15.3. The van der Waals surface area contributed by atoms with Crippen molar-refractivity contribution in [1.29, 1.82) is 0 Å². The standard InChI is InChI=1S/C18H25NS/c1-5-18(3,4)19-13-14(2)20-17-11-10-15-8-6-7-9-16(15)12-17/h6-12,14,19H,5,13H2,1-4H3. The molecule has 0 fully saturated rings. The Morgan fingerprint density at radius 2 is 1.80 bits per heavy atom. The SMILES string of the molecule is CCC(C)(C)NCC(C)Sc1ccc2ccccc2c1. The molecule has 0 saturated carbocycles. The molecule has 2 aromatic carbocycles. The number of fused-ring (bicyclic) bond motifs is 1. The predicted octanol–water partition coefficient (Wildman–Crippen LogP) is 5.10. The second kappa shape index (κ2) is 6.64. The van der Waals surface area contributed by atoms with Gasteiger partial charge in [0.15, 0.2) is 0 Å². The molecule has 0 radical (unpaired) electrons. The maximum atomic E-state index is 3.65. The number of hydrogen-bond donors (Lipinski definition) is 1. The molecule has 0 amide bonds. The topological polar surface area (TPSA) is 12.0 Å². The van der Waals surface area contributed by atoms with Gasteiger partial charge in [-0.15, -0.1) is 11.8 Å². The Bertz CT molecular complexity index is 562. The molecule has 0 spiro atoms. The molecule has 0 aliphatic rings. The highest BCUT2D eigenvalue weighted by Gasteiger charge is 2.15. The monoisotopic (exact) mass is 287 g/mol. The van der Waals surface area contributed by atoms with Crippen LogP contribution in [-0.4, -0.2) is 17.3 Å². The molecule has 0 aliphatic heterocycles. The first-order chi connectivity index (χ1) is 9.50. The first-order valence-electron chi connectivity index (χ1n) is 7.41. The van der Waals surface area contributed by atoms with Crippen molar-refractivity contribution < 1.29 is 0 Å². The summed E-state index contributed by atoms with van der Waals surface area (Å²) in [5.41, 5.74) is 0.234. The lowest BCUT2D eigenvalue weighted by Gasteiger charge is -2.26. The Hall–Kier alpha value is -0.990. The van der Waals surface area contributed by atoms with Gasteiger partial charge in [0.25, 0.3) is 0 Å². The molecule has 1 nitrogen and oxygen atoms in total. The lowest BCUT2D eigenvalue weighted by molar-refractivity contribution is 0.379. The number of benzene rings is 2. The summed E-state index contributed by atoms with van der Waals surface area (Å²) in [6.07, 6.45) is 1.15. The quantitative estimate of drug-likeness (QED) is 0.742. The van der Waals surface area contributed by atoms with E-state index in [0.717, 1.165) is 13.0 Å². The highest BCUT2D eigenvalue weighted by Crippen LogP contribution is 2.27. The number of thioether (sulfide) groups is 1. The molecule has 1 N–H and O–H groups in total. The largest absolute Gasteiger partial charge is 0.311 e. The minimum atomic E-state index is 0.234. The molecule has 2 rings (SSSR count). The van der Waals surface area contributed by atoms with Gasteiger partial charge in [0.2, 0.25) is 0 Å². The van der Waals surface area contributed by atoms with Gasteiger partial charge in [0.05, 0.1) is 0 Å². The minimum absolute atomic E-state index is 0.234. The van der Waals surface area contributed by atoms with Crippen LogP contribution >= 0.6 is 11.8 Å². The zero-order valence-electron chi connectivity index (χ0n) is 12.9. The molecule has 0 aliphatic carbocycles. The van der Waals surface area contributed by atoms with Gasteiger partial charge in [-0.1, -0.05) is 44.2 Å². The summed E-state index contributed by atoms with van der Waals surface area (Å²) >= 11 is 1.95. The fourth-order valence-corrected chi connectivity index (χ4v) is 3.03. The van der Waals surface area contributed by atoms with Crippen molar-refractivity contribution in [2.45, 2.75) is 49.8 Å². The van der Waals surface area contributed by atoms with E-state index >= 15 is 0 Å². The van der Waals surface area contributed by atoms with Crippen molar-refractivity contribution in [3.63, 3.8) is 0 Å². The van der Waals surface area contributed by atoms with Crippen molar-refractivity contribution in [3.8, 4) is 0 Å². The third-order valence-electron chi connectivity index (χ3n) is 3.81. The summed E-state index contributed by atoms with van der Waals surface area (Å²) in [5, 5.41) is 6.86. The van der Waals surface area contributed by atoms with Crippen LogP contribution in [0.3, 0.4) is 0 Å². The highest BCUT2D eigenvalue weighted by molar-refractivity contribution is 8.00. The normalized spacial score (nSPS) is 13.6. The zero-order valence-corrected chi connectivity index (χ0v) is 13.8. The zero-order chi connectivity index (χ0) is 14.6. The van der Waals surface area contributed by atoms with E-state index < -0.39 is 0 Å². The minimum Gasteiger partial charge on any atom is -0.311 e. The van der Waals surface area contributed by atoms with E-state index in [1.165, 1.54) is 15.7 Å². The molecular weight excluding hydrogens is 262 g/mol. The maximum Gasteiger partial charge on any atom is 0.0191 e. The Balaban J connectivity index is 1.97. The third kappa shape index (κ3) is 4.26. The Morgan fingerprint density at radius 3 is 2.50 bits per heavy atom. The number of hydrogen-bond acceptors (Lipinski definition) is 2. The molecule has 108 valence electrons. The molecule has 1 atom stereocenters. The second-order valence-electron chi connectivity index (χ2n) is 6.06. The van der Waals surface area contributed by atoms with Gasteiger partial charge >= 0.3 is 0 Å². The van der Waals surface area contributed by atoms with Gasteiger partial charge in [-0.2, -0.15) is 0 Å². The van der Waals surface area contributed by atoms with E-state index in [-0.39, 0.29) is 5.54 Å². The number of rotatable bonds is 6. The lowest BCUT2D eigenvalue weighted by Crippen LogP contribution is -2.41. The first-order valence-corrected chi connectivity index (χ1v) is 8.28. The maximum absolute atomic E-state index is 3.65. The van der Waals surface area contributed by atoms with E-state index in [1.807, 2.05) is 11.8 Å². The van der Waals surface area contributed by atoms with Gasteiger partial charge in [0.1, 0.15) is 0 Å². The summed E-state index contributed by atoms with van der Waals surface area (Å²) in [6.45, 7) is 10.1. The van der Waals surface area contributed by atoms with Crippen LogP contribution in [0.2, 0.25) is 0 Å². The van der Waals surface area contributed by atoms with Gasteiger partial charge in [-0.25, -0.2) is 0 Å². The van der Waals surface area contributed by atoms with Gasteiger partial charge < -0.3 is 5.32 Å². The highest BCUT2D eigenvalue weighted by atomic mass is 32.2. The molecule has 2 heteroatoms. The van der Waals surface area contributed by atoms with Crippen molar-refractivity contribution in [2.24, 2.45) is 0 Å². The summed E-state index contributed by atoms with van der Waals surface area (Å²) in [4.78, 5) is 1.35. The second-order valence-corrected chi connectivity index (χ2v) is 7.57. The van der Waals surface area contributed by atoms with Crippen molar-refractivity contribution in [2.75, 3.05) is 6.54 Å². The Morgan fingerprint density at radius 1 is 1.10 bits per heavy atom. The van der Waals surface area contributed by atoms with E-state index in [2.05, 4.69) is 75.5 Å². The number of nitrogens with one attached hydrogen (secondary N) is 1. The van der Waals surface area contributed by atoms with Crippen LogP contribution in [0, 0.1) is 0 Å². The molecule has 1 unspecified atom stereocenters. The van der Waals surface area contributed by atoms with Crippen LogP contribution in [0.4, 0.5) is 0 Å². The molecule has 2 aromatic rings. The average molecular weight is 287 g/mol. The van der Waals surface area contributed by atoms with Crippen molar-refractivity contribution >= 4 is 22.5 Å². The van der Waals surface area contributed by atoms with Gasteiger partial charge in [-0.3, -0.25) is 0 Å². The van der Waals surface area contributed by atoms with E-state index in [0.29, 0.717) is 5.25 Å². The summed E-state index contributed by atoms with van der Waals surface area (Å²) in [5.74, 6) is 0. The van der Waals surface area contributed by atoms with E-state index in [4.69, 9.17) is 0 Å². The molecule has 0 saturated heterocycles. The van der Waals surface area contributed by atoms with Crippen molar-refractivity contribution in [3.05, 3.63) is 42.5 Å². The molecule has 0 heterocycles. The first kappa shape index (κ1) is 15.4. The van der Waals surface area contributed by atoms with Crippen LogP contribution < -0.4 is 5.32 Å². The third-order valence-corrected chi connectivity index (χ3v) is 4.91. The fourth-order valence-electron chi connectivity index (χ4n) is 2.06. The Labute approximate surface area is 127 Å². The lowest BCUT2D eigenvalue weighted by atomic mass is 10.0. The van der Waals surface area contributed by atoms with E-state index in [9.17, 15) is 0 Å². The fraction of sp³-hybridized carbons (Fsp3) is 0.444. The van der Waals surface area contributed by atoms with Gasteiger partial charge in [0, 0.05) is 22.2 Å². The molecule has 0 bridgehead atoms. The molecule has 0 aromatic heterocycles. The van der Waals surface area contributed by atoms with Crippen LogP contribution in [0.15, 0.2) is 47.4 Å². The molecule has 20 heavy (non-hydrogen) atoms. The van der Waals surface area contributed by atoms with Gasteiger partial charge in [-0.05, 0) is 43.2 Å². The molecular formula is C18H25NS. The van der Waals surface area contributed by atoms with Crippen LogP contribution in [0.25, 0.3) is 10.8 Å². The van der Waals surface area contributed by atoms with E-state index in [1.54, 1.807) is 0 Å². The summed E-state index contributed by atoms with van der Waals surface area (Å²) in [7, 11) is 0. The Kier molecular flexibility index (Phi) is 5.11. The van der Waals surface area contributed by atoms with Crippen LogP contribution in [0.5, 0.6) is 0 Å². The smallest absolute Gasteiger partial charge is 0.0191 e. The van der Waals surface area contributed by atoms with Crippen molar-refractivity contribution in [1.82, 2.24) is 5.32 Å². The average Bonchev–Trinajstić information content (AvgIpc) is 2.45. The van der Waals surface area contributed by atoms with Crippen LogP contribution in [-0.2, 0) is 0 Å². The summed E-state index contributed by atoms with van der Waals surface area (Å²) < 4.78 is 0. The van der Waals surface area contributed by atoms with Crippen LogP contribution in [0.1, 0.15) is 34.1 Å². The predicted molar refractivity (Wildman–Crippen MR) is 91.6 cm³/mol.